The maximum absolute atomic E-state index is 12.0. The Morgan fingerprint density at radius 1 is 1.42 bits per heavy atom. The van der Waals surface area contributed by atoms with Crippen molar-refractivity contribution in [2.24, 2.45) is 0 Å². The minimum absolute atomic E-state index is 0.0127. The molecule has 2 N–H and O–H groups in total. The van der Waals surface area contributed by atoms with Crippen molar-refractivity contribution in [3.05, 3.63) is 24.3 Å². The first kappa shape index (κ1) is 16.0. The zero-order chi connectivity index (χ0) is 14.1. The van der Waals surface area contributed by atoms with Crippen molar-refractivity contribution in [2.75, 3.05) is 37.8 Å². The quantitative estimate of drug-likeness (QED) is 0.717. The molecule has 0 radical (unpaired) electrons. The lowest BCUT2D eigenvalue weighted by molar-refractivity contribution is -0.117. The van der Waals surface area contributed by atoms with Gasteiger partial charge < -0.3 is 10.4 Å². The van der Waals surface area contributed by atoms with Gasteiger partial charge in [0, 0.05) is 18.0 Å². The number of likely N-dealkylation sites (N-methyl/N-ethyl adjacent to an activating group) is 1. The van der Waals surface area contributed by atoms with E-state index in [9.17, 15) is 4.79 Å². The molecule has 19 heavy (non-hydrogen) atoms. The number of hydrogen-bond acceptors (Lipinski definition) is 4. The summed E-state index contributed by atoms with van der Waals surface area (Å²) in [6, 6.07) is 7.77. The van der Waals surface area contributed by atoms with Gasteiger partial charge in [0.1, 0.15) is 0 Å². The van der Waals surface area contributed by atoms with Crippen LogP contribution in [0.15, 0.2) is 29.2 Å². The van der Waals surface area contributed by atoms with Gasteiger partial charge in [-0.2, -0.15) is 0 Å². The smallest absolute Gasteiger partial charge is 0.238 e. The predicted molar refractivity (Wildman–Crippen MR) is 80.7 cm³/mol. The van der Waals surface area contributed by atoms with Gasteiger partial charge in [0.15, 0.2) is 0 Å². The van der Waals surface area contributed by atoms with Crippen molar-refractivity contribution < 1.29 is 9.90 Å². The normalized spacial score (nSPS) is 10.7. The minimum atomic E-state index is -0.0127. The summed E-state index contributed by atoms with van der Waals surface area (Å²) in [5.74, 6) is -0.0127. The number of aliphatic hydroxyl groups excluding tert-OH is 1. The monoisotopic (exact) mass is 282 g/mol. The second-order valence-electron chi connectivity index (χ2n) is 4.19. The number of carbonyl (C=O) groups is 1. The zero-order valence-corrected chi connectivity index (χ0v) is 12.4. The summed E-state index contributed by atoms with van der Waals surface area (Å²) in [5, 5.41) is 11.8. The first-order valence-corrected chi connectivity index (χ1v) is 7.69. The molecule has 1 aromatic carbocycles. The van der Waals surface area contributed by atoms with Crippen molar-refractivity contribution >= 4 is 23.4 Å². The van der Waals surface area contributed by atoms with Crippen LogP contribution in [0.2, 0.25) is 0 Å². The largest absolute Gasteiger partial charge is 0.396 e. The van der Waals surface area contributed by atoms with Crippen LogP contribution in [-0.4, -0.2) is 48.4 Å². The molecule has 106 valence electrons. The van der Waals surface area contributed by atoms with Crippen molar-refractivity contribution in [1.82, 2.24) is 4.90 Å². The summed E-state index contributed by atoms with van der Waals surface area (Å²) in [4.78, 5) is 15.1. The van der Waals surface area contributed by atoms with Crippen molar-refractivity contribution in [2.45, 2.75) is 18.2 Å². The van der Waals surface area contributed by atoms with Gasteiger partial charge in [-0.25, -0.2) is 0 Å². The summed E-state index contributed by atoms with van der Waals surface area (Å²) >= 11 is 1.61. The summed E-state index contributed by atoms with van der Waals surface area (Å²) in [6.45, 7) is 4.08. The molecule has 1 rings (SSSR count). The van der Waals surface area contributed by atoms with Crippen molar-refractivity contribution in [1.29, 1.82) is 0 Å². The molecule has 0 aliphatic heterocycles. The second kappa shape index (κ2) is 8.96. The van der Waals surface area contributed by atoms with Crippen LogP contribution >= 0.6 is 11.8 Å². The third-order valence-corrected chi connectivity index (χ3v) is 3.62. The van der Waals surface area contributed by atoms with E-state index < -0.39 is 0 Å². The first-order chi connectivity index (χ1) is 9.21. The number of hydrogen-bond donors (Lipinski definition) is 2. The number of amides is 1. The van der Waals surface area contributed by atoms with Gasteiger partial charge in [-0.05, 0) is 31.4 Å². The molecule has 0 unspecified atom stereocenters. The number of carbonyl (C=O) groups excluding carboxylic acids is 1. The van der Waals surface area contributed by atoms with Crippen LogP contribution in [0.4, 0.5) is 5.69 Å². The average Bonchev–Trinajstić information content (AvgIpc) is 2.44. The molecular formula is C14H22N2O2S. The molecule has 1 amide bonds. The maximum atomic E-state index is 12.0. The van der Waals surface area contributed by atoms with Crippen LogP contribution in [0.25, 0.3) is 0 Å². The van der Waals surface area contributed by atoms with E-state index in [1.165, 1.54) is 0 Å². The van der Waals surface area contributed by atoms with E-state index in [0.717, 1.165) is 23.7 Å². The molecular weight excluding hydrogens is 260 g/mol. The van der Waals surface area contributed by atoms with Gasteiger partial charge in [0.25, 0.3) is 0 Å². The van der Waals surface area contributed by atoms with Crippen LogP contribution in [-0.2, 0) is 4.79 Å². The second-order valence-corrected chi connectivity index (χ2v) is 5.04. The molecule has 5 heteroatoms. The fourth-order valence-electron chi connectivity index (χ4n) is 1.78. The third kappa shape index (κ3) is 5.63. The highest BCUT2D eigenvalue weighted by Crippen LogP contribution is 2.24. The number of nitrogens with one attached hydrogen (secondary N) is 1. The fourth-order valence-corrected chi connectivity index (χ4v) is 2.34. The minimum Gasteiger partial charge on any atom is -0.396 e. The molecule has 0 saturated carbocycles. The SMILES string of the molecule is CCN(CCCO)CC(=O)Nc1ccccc1SC. The van der Waals surface area contributed by atoms with E-state index in [1.807, 2.05) is 42.3 Å². The number of thioether (sulfide) groups is 1. The van der Waals surface area contributed by atoms with E-state index >= 15 is 0 Å². The molecule has 0 saturated heterocycles. The Bertz CT molecular complexity index is 399. The third-order valence-electron chi connectivity index (χ3n) is 2.83. The highest BCUT2D eigenvalue weighted by atomic mass is 32.2. The van der Waals surface area contributed by atoms with Crippen LogP contribution in [0.3, 0.4) is 0 Å². The maximum Gasteiger partial charge on any atom is 0.238 e. The summed E-state index contributed by atoms with van der Waals surface area (Å²) in [5.41, 5.74) is 0.859. The van der Waals surface area contributed by atoms with E-state index in [4.69, 9.17) is 5.11 Å². The van der Waals surface area contributed by atoms with E-state index in [2.05, 4.69) is 5.32 Å². The van der Waals surface area contributed by atoms with Crippen molar-refractivity contribution in [3.63, 3.8) is 0 Å². The molecule has 0 heterocycles. The topological polar surface area (TPSA) is 52.6 Å². The molecule has 0 aliphatic carbocycles. The molecule has 0 atom stereocenters. The molecule has 0 aliphatic rings. The van der Waals surface area contributed by atoms with Gasteiger partial charge in [0.2, 0.25) is 5.91 Å². The first-order valence-electron chi connectivity index (χ1n) is 6.47. The predicted octanol–water partition coefficient (Wildman–Crippen LogP) is 2.05. The number of nitrogens with zero attached hydrogens (tertiary/aromatic N) is 1. The van der Waals surface area contributed by atoms with Gasteiger partial charge in [-0.15, -0.1) is 11.8 Å². The number of benzene rings is 1. The number of anilines is 1. The van der Waals surface area contributed by atoms with Crippen molar-refractivity contribution in [3.8, 4) is 0 Å². The van der Waals surface area contributed by atoms with Crippen LogP contribution in [0.1, 0.15) is 13.3 Å². The molecule has 4 nitrogen and oxygen atoms in total. The molecule has 0 fully saturated rings. The lowest BCUT2D eigenvalue weighted by Gasteiger charge is -2.19. The summed E-state index contributed by atoms with van der Waals surface area (Å²) < 4.78 is 0. The van der Waals surface area contributed by atoms with Gasteiger partial charge in [-0.1, -0.05) is 19.1 Å². The van der Waals surface area contributed by atoms with E-state index in [0.29, 0.717) is 13.0 Å². The van der Waals surface area contributed by atoms with Crippen LogP contribution in [0, 0.1) is 0 Å². The highest BCUT2D eigenvalue weighted by Gasteiger charge is 2.10. The van der Waals surface area contributed by atoms with Gasteiger partial charge >= 0.3 is 0 Å². The standard InChI is InChI=1S/C14H22N2O2S/c1-3-16(9-6-10-17)11-14(18)15-12-7-4-5-8-13(12)19-2/h4-5,7-8,17H,3,6,9-11H2,1-2H3,(H,15,18). The van der Waals surface area contributed by atoms with Crippen LogP contribution < -0.4 is 5.32 Å². The lowest BCUT2D eigenvalue weighted by atomic mass is 10.3. The Kier molecular flexibility index (Phi) is 7.55. The van der Waals surface area contributed by atoms with Gasteiger partial charge in [-0.3, -0.25) is 9.69 Å². The Balaban J connectivity index is 2.54. The number of para-hydroxylation sites is 1. The van der Waals surface area contributed by atoms with E-state index in [1.54, 1.807) is 11.8 Å². The molecule has 0 spiro atoms. The average molecular weight is 282 g/mol. The Hall–Kier alpha value is -1.04. The molecule has 0 aromatic heterocycles. The highest BCUT2D eigenvalue weighted by molar-refractivity contribution is 7.98. The fraction of sp³-hybridized carbons (Fsp3) is 0.500. The van der Waals surface area contributed by atoms with E-state index in [-0.39, 0.29) is 12.5 Å². The van der Waals surface area contributed by atoms with Crippen LogP contribution in [0.5, 0.6) is 0 Å². The summed E-state index contributed by atoms with van der Waals surface area (Å²) in [7, 11) is 0. The Morgan fingerprint density at radius 3 is 2.79 bits per heavy atom. The summed E-state index contributed by atoms with van der Waals surface area (Å²) in [6.07, 6.45) is 2.69. The molecule has 0 bridgehead atoms. The number of rotatable bonds is 8. The lowest BCUT2D eigenvalue weighted by Crippen LogP contribution is -2.34. The number of aliphatic hydroxyl groups is 1. The Labute approximate surface area is 119 Å². The Morgan fingerprint density at radius 2 is 2.16 bits per heavy atom. The van der Waals surface area contributed by atoms with Gasteiger partial charge in [0.05, 0.1) is 12.2 Å². The zero-order valence-electron chi connectivity index (χ0n) is 11.6. The molecule has 1 aromatic rings.